The summed E-state index contributed by atoms with van der Waals surface area (Å²) in [4.78, 5) is 13.7. The Morgan fingerprint density at radius 1 is 1.03 bits per heavy atom. The quantitative estimate of drug-likeness (QED) is 0.125. The van der Waals surface area contributed by atoms with Crippen LogP contribution in [0.25, 0.3) is 34.2 Å². The maximum atomic E-state index is 11.1. The van der Waals surface area contributed by atoms with E-state index >= 15 is 0 Å². The van der Waals surface area contributed by atoms with Crippen LogP contribution >= 0.6 is 28.4 Å². The fourth-order valence-corrected chi connectivity index (χ4v) is 5.73. The second kappa shape index (κ2) is 10.5. The van der Waals surface area contributed by atoms with Gasteiger partial charge in [0.05, 0.1) is 18.1 Å². The lowest BCUT2D eigenvalue weighted by molar-refractivity contribution is 0.385. The summed E-state index contributed by atoms with van der Waals surface area (Å²) < 4.78 is 6.58. The van der Waals surface area contributed by atoms with Gasteiger partial charge in [0.2, 0.25) is 0 Å². The van der Waals surface area contributed by atoms with Crippen LogP contribution in [0.2, 0.25) is 0 Å². The van der Waals surface area contributed by atoms with Gasteiger partial charge in [-0.15, -0.1) is 0 Å². The molecule has 0 aliphatic carbocycles. The van der Waals surface area contributed by atoms with Gasteiger partial charge in [-0.05, 0) is 80.1 Å². The highest BCUT2D eigenvalue weighted by molar-refractivity contribution is 14.2. The van der Waals surface area contributed by atoms with Crippen LogP contribution < -0.4 is 5.76 Å². The van der Waals surface area contributed by atoms with E-state index in [1.54, 1.807) is 6.08 Å². The first-order valence-electron chi connectivity index (χ1n) is 11.1. The highest BCUT2D eigenvalue weighted by Gasteiger charge is 2.14. The summed E-state index contributed by atoms with van der Waals surface area (Å²) in [5.74, 6) is -0.178. The second-order valence-corrected chi connectivity index (χ2v) is 9.96. The number of benzene rings is 3. The predicted molar refractivity (Wildman–Crippen MR) is 153 cm³/mol. The minimum Gasteiger partial charge on any atom is -0.296 e. The summed E-state index contributed by atoms with van der Waals surface area (Å²) in [6.45, 7) is 2.20. The Kier molecular flexibility index (Phi) is 7.06. The van der Waals surface area contributed by atoms with Gasteiger partial charge >= 0.3 is 5.76 Å². The van der Waals surface area contributed by atoms with Crippen molar-refractivity contribution in [1.82, 2.24) is 19.7 Å². The number of hydrogen-bond acceptors (Lipinski definition) is 4. The molecule has 2 heterocycles. The number of fused-ring (bicyclic) bond motifs is 1. The number of nitrogens with zero attached hydrogens (tertiary/aromatic N) is 3. The van der Waals surface area contributed by atoms with Crippen LogP contribution in [0, 0.1) is 0 Å². The lowest BCUT2D eigenvalue weighted by atomic mass is 9.87. The molecule has 174 valence electrons. The predicted octanol–water partition coefficient (Wildman–Crippen LogP) is 7.04. The highest BCUT2D eigenvalue weighted by atomic mass is 127. The molecular weight excluding hydrogens is 570 g/mol. The van der Waals surface area contributed by atoms with Gasteiger partial charge in [-0.3, -0.25) is 9.51 Å². The van der Waals surface area contributed by atoms with Crippen molar-refractivity contribution in [2.24, 2.45) is 0 Å². The Bertz CT molecular complexity index is 1580. The molecule has 0 radical (unpaired) electrons. The molecule has 0 saturated carbocycles. The molecule has 5 rings (SSSR count). The van der Waals surface area contributed by atoms with Crippen LogP contribution in [0.3, 0.4) is 0 Å². The largest absolute Gasteiger partial charge is 0.439 e. The lowest BCUT2D eigenvalue weighted by Gasteiger charge is -2.17. The standard InChI is InChI=1S/C27H22IN4O2P/c1-2-23(19-6-4-3-5-7-19)26(21-13-14-24-22(16-21)17-29-32(24)35-28)20-11-8-18(9-12-20)10-15-25-30-27(33)34-31-25/h3-17,35H,2H2,1H3,(H,30,31,33)/b15-10+,26-23+. The van der Waals surface area contributed by atoms with Gasteiger partial charge in [-0.25, -0.2) is 9.25 Å². The SMILES string of the molecule is CC/C(=C(/c1ccc(/C=C/c2noc(=O)[nH]2)cc1)c1ccc2c(cnn2PI)c1)c1ccccc1. The van der Waals surface area contributed by atoms with Crippen molar-refractivity contribution in [3.05, 3.63) is 118 Å². The Labute approximate surface area is 217 Å². The zero-order valence-electron chi connectivity index (χ0n) is 18.9. The van der Waals surface area contributed by atoms with Crippen LogP contribution in [0.4, 0.5) is 0 Å². The summed E-state index contributed by atoms with van der Waals surface area (Å²) in [5, 5.41) is 9.34. The zero-order chi connectivity index (χ0) is 24.2. The molecule has 1 unspecified atom stereocenters. The van der Waals surface area contributed by atoms with Crippen LogP contribution in [-0.2, 0) is 0 Å². The molecule has 0 amide bonds. The molecule has 35 heavy (non-hydrogen) atoms. The van der Waals surface area contributed by atoms with E-state index in [1.165, 1.54) is 16.7 Å². The molecule has 5 aromatic rings. The number of aromatic amines is 1. The average Bonchev–Trinajstić information content (AvgIpc) is 3.52. The molecule has 6 nitrogen and oxygen atoms in total. The fourth-order valence-electron chi connectivity index (χ4n) is 4.18. The molecule has 2 aromatic heterocycles. The van der Waals surface area contributed by atoms with Gasteiger partial charge in [0.15, 0.2) is 5.82 Å². The molecule has 8 heteroatoms. The number of rotatable bonds is 7. The van der Waals surface area contributed by atoms with Crippen molar-refractivity contribution >= 4 is 62.6 Å². The van der Waals surface area contributed by atoms with Crippen molar-refractivity contribution < 1.29 is 4.52 Å². The van der Waals surface area contributed by atoms with Gasteiger partial charge in [0.25, 0.3) is 0 Å². The monoisotopic (exact) mass is 592 g/mol. The van der Waals surface area contributed by atoms with Gasteiger partial charge < -0.3 is 0 Å². The van der Waals surface area contributed by atoms with E-state index in [0.29, 0.717) is 12.2 Å². The van der Waals surface area contributed by atoms with Gasteiger partial charge in [-0.2, -0.15) is 5.10 Å². The third-order valence-electron chi connectivity index (χ3n) is 5.80. The fraction of sp³-hybridized carbons (Fsp3) is 0.0741. The van der Waals surface area contributed by atoms with Gasteiger partial charge in [0, 0.05) is 5.39 Å². The Morgan fingerprint density at radius 2 is 1.80 bits per heavy atom. The number of halogens is 1. The molecule has 0 bridgehead atoms. The summed E-state index contributed by atoms with van der Waals surface area (Å²) in [7, 11) is 0. The maximum Gasteiger partial charge on any atom is 0.439 e. The van der Waals surface area contributed by atoms with E-state index < -0.39 is 5.76 Å². The summed E-state index contributed by atoms with van der Waals surface area (Å²) in [6, 6.07) is 25.5. The molecule has 1 N–H and O–H groups in total. The summed E-state index contributed by atoms with van der Waals surface area (Å²) >= 11 is 2.36. The molecular formula is C27H22IN4O2P. The first-order valence-corrected chi connectivity index (χ1v) is 15.2. The first-order chi connectivity index (χ1) is 17.2. The third-order valence-corrected chi connectivity index (χ3v) is 7.69. The zero-order valence-corrected chi connectivity index (χ0v) is 22.1. The van der Waals surface area contributed by atoms with Crippen molar-refractivity contribution in [3.8, 4) is 0 Å². The molecule has 3 aromatic carbocycles. The van der Waals surface area contributed by atoms with Crippen molar-refractivity contribution in [1.29, 1.82) is 0 Å². The number of H-pyrrole nitrogens is 1. The molecule has 1 atom stereocenters. The molecule has 0 aliphatic heterocycles. The van der Waals surface area contributed by atoms with Crippen LogP contribution in [0.5, 0.6) is 0 Å². The smallest absolute Gasteiger partial charge is 0.296 e. The van der Waals surface area contributed by atoms with E-state index in [0.717, 1.165) is 34.0 Å². The maximum absolute atomic E-state index is 11.1. The molecule has 0 spiro atoms. The lowest BCUT2D eigenvalue weighted by Crippen LogP contribution is -1.95. The van der Waals surface area contributed by atoms with Crippen LogP contribution in [0.15, 0.2) is 88.3 Å². The van der Waals surface area contributed by atoms with Crippen molar-refractivity contribution in [2.45, 2.75) is 13.3 Å². The van der Waals surface area contributed by atoms with E-state index in [4.69, 9.17) is 0 Å². The van der Waals surface area contributed by atoms with Crippen molar-refractivity contribution in [2.75, 3.05) is 0 Å². The number of allylic oxidation sites excluding steroid dienone is 1. The van der Waals surface area contributed by atoms with Crippen LogP contribution in [-0.4, -0.2) is 19.7 Å². The van der Waals surface area contributed by atoms with Gasteiger partial charge in [0.1, 0.15) is 0 Å². The molecule has 0 saturated heterocycles. The minimum absolute atomic E-state index is 0.387. The number of nitrogens with one attached hydrogen (secondary N) is 1. The topological polar surface area (TPSA) is 76.7 Å². The third kappa shape index (κ3) is 5.06. The summed E-state index contributed by atoms with van der Waals surface area (Å²) in [5.41, 5.74) is 8.16. The van der Waals surface area contributed by atoms with Crippen LogP contribution in [0.1, 0.15) is 41.4 Å². The minimum atomic E-state index is -0.566. The Balaban J connectivity index is 1.61. The van der Waals surface area contributed by atoms with E-state index in [-0.39, 0.29) is 0 Å². The normalized spacial score (nSPS) is 12.7. The van der Waals surface area contributed by atoms with Crippen molar-refractivity contribution in [3.63, 3.8) is 0 Å². The summed E-state index contributed by atoms with van der Waals surface area (Å²) in [6.07, 6.45) is 7.01. The molecule has 0 fully saturated rings. The number of aromatic nitrogens is 4. The van der Waals surface area contributed by atoms with E-state index in [9.17, 15) is 4.79 Å². The Hall–Kier alpha value is -3.29. The number of hydrogen-bond donors (Lipinski definition) is 1. The first kappa shape index (κ1) is 23.5. The Morgan fingerprint density at radius 3 is 2.49 bits per heavy atom. The van der Waals surface area contributed by atoms with Gasteiger partial charge in [-0.1, -0.05) is 78.8 Å². The second-order valence-electron chi connectivity index (χ2n) is 7.92. The average molecular weight is 592 g/mol. The van der Waals surface area contributed by atoms with E-state index in [1.807, 2.05) is 22.8 Å². The molecule has 0 aliphatic rings. The highest BCUT2D eigenvalue weighted by Crippen LogP contribution is 2.37. The van der Waals surface area contributed by atoms with E-state index in [2.05, 4.69) is 115 Å².